The van der Waals surface area contributed by atoms with Gasteiger partial charge in [-0.1, -0.05) is 13.0 Å². The fraction of sp³-hybridized carbons (Fsp3) is 0.500. The van der Waals surface area contributed by atoms with E-state index in [0.29, 0.717) is 13.0 Å². The van der Waals surface area contributed by atoms with Crippen molar-refractivity contribution in [2.45, 2.75) is 32.7 Å². The summed E-state index contributed by atoms with van der Waals surface area (Å²) in [6, 6.07) is 6.28. The van der Waals surface area contributed by atoms with Gasteiger partial charge >= 0.3 is 0 Å². The topological polar surface area (TPSA) is 58.3 Å². The maximum Gasteiger partial charge on any atom is 0.110 e. The molecule has 2 aromatic rings. The SMILES string of the molecule is CCc1ccc2c(c1)nc(CCCO)n2CCO. The van der Waals surface area contributed by atoms with Crippen molar-refractivity contribution in [3.63, 3.8) is 0 Å². The van der Waals surface area contributed by atoms with Crippen molar-refractivity contribution in [1.82, 2.24) is 9.55 Å². The summed E-state index contributed by atoms with van der Waals surface area (Å²) in [6.45, 7) is 2.96. The van der Waals surface area contributed by atoms with Gasteiger partial charge in [0, 0.05) is 19.6 Å². The largest absolute Gasteiger partial charge is 0.396 e. The summed E-state index contributed by atoms with van der Waals surface area (Å²) < 4.78 is 2.05. The number of fused-ring (bicyclic) bond motifs is 1. The van der Waals surface area contributed by atoms with Gasteiger partial charge in [0.15, 0.2) is 0 Å². The highest BCUT2D eigenvalue weighted by atomic mass is 16.3. The minimum absolute atomic E-state index is 0.104. The Morgan fingerprint density at radius 2 is 2.06 bits per heavy atom. The molecule has 0 aliphatic rings. The van der Waals surface area contributed by atoms with Crippen LogP contribution in [0.1, 0.15) is 24.7 Å². The Bertz CT molecular complexity index is 520. The van der Waals surface area contributed by atoms with E-state index in [1.165, 1.54) is 5.56 Å². The lowest BCUT2D eigenvalue weighted by atomic mass is 10.1. The molecule has 4 heteroatoms. The molecule has 1 aromatic heterocycles. The molecule has 0 atom stereocenters. The molecule has 0 aliphatic carbocycles. The monoisotopic (exact) mass is 248 g/mol. The Balaban J connectivity index is 2.44. The van der Waals surface area contributed by atoms with Crippen molar-refractivity contribution >= 4 is 11.0 Å². The van der Waals surface area contributed by atoms with Crippen LogP contribution in [0, 0.1) is 0 Å². The number of aryl methyl sites for hydroxylation is 2. The van der Waals surface area contributed by atoms with Crippen LogP contribution >= 0.6 is 0 Å². The molecule has 1 heterocycles. The summed E-state index contributed by atoms with van der Waals surface area (Å²) >= 11 is 0. The number of hydrogen-bond acceptors (Lipinski definition) is 3. The lowest BCUT2D eigenvalue weighted by Gasteiger charge is -2.06. The Kier molecular flexibility index (Phi) is 4.33. The van der Waals surface area contributed by atoms with Crippen LogP contribution < -0.4 is 0 Å². The van der Waals surface area contributed by atoms with E-state index in [-0.39, 0.29) is 13.2 Å². The third kappa shape index (κ3) is 2.54. The van der Waals surface area contributed by atoms with Crippen LogP contribution in [0.4, 0.5) is 0 Å². The number of aliphatic hydroxyl groups excluding tert-OH is 2. The maximum atomic E-state index is 9.15. The zero-order chi connectivity index (χ0) is 13.0. The Morgan fingerprint density at radius 1 is 1.22 bits per heavy atom. The van der Waals surface area contributed by atoms with Gasteiger partial charge in [-0.2, -0.15) is 0 Å². The van der Waals surface area contributed by atoms with Crippen LogP contribution in [0.5, 0.6) is 0 Å². The molecule has 0 aliphatic heterocycles. The Labute approximate surface area is 107 Å². The summed E-state index contributed by atoms with van der Waals surface area (Å²) in [4.78, 5) is 4.62. The van der Waals surface area contributed by atoms with Crippen LogP contribution in [0.25, 0.3) is 11.0 Å². The van der Waals surface area contributed by atoms with Gasteiger partial charge in [-0.05, 0) is 30.5 Å². The maximum absolute atomic E-state index is 9.15. The summed E-state index contributed by atoms with van der Waals surface area (Å²) in [5.74, 6) is 0.946. The van der Waals surface area contributed by atoms with Crippen LogP contribution in [-0.4, -0.2) is 33.0 Å². The number of rotatable bonds is 6. The van der Waals surface area contributed by atoms with Gasteiger partial charge in [-0.15, -0.1) is 0 Å². The molecule has 4 nitrogen and oxygen atoms in total. The molecule has 0 amide bonds. The summed E-state index contributed by atoms with van der Waals surface area (Å²) in [5, 5.41) is 18.1. The zero-order valence-electron chi connectivity index (χ0n) is 10.8. The predicted octanol–water partition coefficient (Wildman–Crippen LogP) is 1.52. The number of aliphatic hydroxyl groups is 2. The van der Waals surface area contributed by atoms with Crippen LogP contribution in [0.15, 0.2) is 18.2 Å². The van der Waals surface area contributed by atoms with Crippen LogP contribution in [0.2, 0.25) is 0 Å². The first-order valence-corrected chi connectivity index (χ1v) is 6.50. The van der Waals surface area contributed by atoms with Gasteiger partial charge in [0.05, 0.1) is 17.6 Å². The first-order chi connectivity index (χ1) is 8.80. The van der Waals surface area contributed by atoms with Crippen molar-refractivity contribution < 1.29 is 10.2 Å². The molecule has 1 aromatic carbocycles. The molecule has 0 unspecified atom stereocenters. The number of benzene rings is 1. The van der Waals surface area contributed by atoms with E-state index in [0.717, 1.165) is 29.7 Å². The molecule has 18 heavy (non-hydrogen) atoms. The van der Waals surface area contributed by atoms with E-state index < -0.39 is 0 Å². The second-order valence-corrected chi connectivity index (χ2v) is 4.41. The first-order valence-electron chi connectivity index (χ1n) is 6.50. The Morgan fingerprint density at radius 3 is 2.72 bits per heavy atom. The molecule has 2 rings (SSSR count). The fourth-order valence-corrected chi connectivity index (χ4v) is 2.22. The van der Waals surface area contributed by atoms with Crippen molar-refractivity contribution in [2.75, 3.05) is 13.2 Å². The highest BCUT2D eigenvalue weighted by Gasteiger charge is 2.10. The number of aromatic nitrogens is 2. The average molecular weight is 248 g/mol. The van der Waals surface area contributed by atoms with E-state index in [4.69, 9.17) is 10.2 Å². The molecular formula is C14H20N2O2. The summed E-state index contributed by atoms with van der Waals surface area (Å²) in [7, 11) is 0. The van der Waals surface area contributed by atoms with Crippen LogP contribution in [0.3, 0.4) is 0 Å². The molecule has 98 valence electrons. The normalized spacial score (nSPS) is 11.3. The highest BCUT2D eigenvalue weighted by molar-refractivity contribution is 5.77. The van der Waals surface area contributed by atoms with Crippen LogP contribution in [-0.2, 0) is 19.4 Å². The molecule has 0 spiro atoms. The van der Waals surface area contributed by atoms with Gasteiger partial charge in [0.25, 0.3) is 0 Å². The predicted molar refractivity (Wildman–Crippen MR) is 71.6 cm³/mol. The molecule has 0 saturated heterocycles. The average Bonchev–Trinajstić information content (AvgIpc) is 2.74. The minimum atomic E-state index is 0.104. The minimum Gasteiger partial charge on any atom is -0.396 e. The van der Waals surface area contributed by atoms with Crippen molar-refractivity contribution in [2.24, 2.45) is 0 Å². The molecule has 0 fully saturated rings. The standard InChI is InChI=1S/C14H20N2O2/c1-2-11-5-6-13-12(10-11)15-14(4-3-8-17)16(13)7-9-18/h5-6,10,17-18H,2-4,7-9H2,1H3. The van der Waals surface area contributed by atoms with Crippen molar-refractivity contribution in [3.8, 4) is 0 Å². The summed E-state index contributed by atoms with van der Waals surface area (Å²) in [6.07, 6.45) is 2.44. The van der Waals surface area contributed by atoms with E-state index in [9.17, 15) is 0 Å². The smallest absolute Gasteiger partial charge is 0.110 e. The van der Waals surface area contributed by atoms with E-state index in [1.54, 1.807) is 0 Å². The van der Waals surface area contributed by atoms with Gasteiger partial charge in [0.2, 0.25) is 0 Å². The quantitative estimate of drug-likeness (QED) is 0.815. The number of nitrogens with zero attached hydrogens (tertiary/aromatic N) is 2. The van der Waals surface area contributed by atoms with E-state index in [2.05, 4.69) is 30.1 Å². The Hall–Kier alpha value is -1.39. The van der Waals surface area contributed by atoms with Gasteiger partial charge < -0.3 is 14.8 Å². The lowest BCUT2D eigenvalue weighted by Crippen LogP contribution is -2.07. The fourth-order valence-electron chi connectivity index (χ4n) is 2.22. The first kappa shape index (κ1) is 13.1. The van der Waals surface area contributed by atoms with Crippen molar-refractivity contribution in [1.29, 1.82) is 0 Å². The zero-order valence-corrected chi connectivity index (χ0v) is 10.8. The molecule has 2 N–H and O–H groups in total. The van der Waals surface area contributed by atoms with E-state index >= 15 is 0 Å². The highest BCUT2D eigenvalue weighted by Crippen LogP contribution is 2.19. The second-order valence-electron chi connectivity index (χ2n) is 4.41. The van der Waals surface area contributed by atoms with Gasteiger partial charge in [-0.3, -0.25) is 0 Å². The van der Waals surface area contributed by atoms with Gasteiger partial charge in [-0.25, -0.2) is 4.98 Å². The number of hydrogen-bond donors (Lipinski definition) is 2. The molecule has 0 bridgehead atoms. The molecule has 0 saturated carbocycles. The summed E-state index contributed by atoms with van der Waals surface area (Å²) in [5.41, 5.74) is 3.31. The molecular weight excluding hydrogens is 228 g/mol. The second kappa shape index (κ2) is 5.98. The third-order valence-electron chi connectivity index (χ3n) is 3.18. The van der Waals surface area contributed by atoms with Gasteiger partial charge in [0.1, 0.15) is 5.82 Å². The number of imidazole rings is 1. The molecule has 0 radical (unpaired) electrons. The van der Waals surface area contributed by atoms with E-state index in [1.807, 2.05) is 4.57 Å². The van der Waals surface area contributed by atoms with Crippen molar-refractivity contribution in [3.05, 3.63) is 29.6 Å². The lowest BCUT2D eigenvalue weighted by molar-refractivity contribution is 0.272. The third-order valence-corrected chi connectivity index (χ3v) is 3.18.